The topological polar surface area (TPSA) is 35.6 Å². The molecule has 0 aromatic rings. The van der Waals surface area contributed by atoms with Gasteiger partial charge in [0.1, 0.15) is 0 Å². The maximum Gasteiger partial charge on any atom is 0.220 e. The molecule has 0 aromatic carbocycles. The lowest BCUT2D eigenvalue weighted by Crippen LogP contribution is -2.34. The van der Waals surface area contributed by atoms with Crippen LogP contribution in [0, 0.1) is 5.92 Å². The number of hydrogen-bond acceptors (Lipinski definition) is 3. The molecular weight excluding hydrogens is 238 g/mol. The Balaban J connectivity index is 1.49. The van der Waals surface area contributed by atoms with Gasteiger partial charge in [-0.25, -0.2) is 0 Å². The van der Waals surface area contributed by atoms with Crippen LogP contribution in [0.25, 0.3) is 0 Å². The zero-order chi connectivity index (χ0) is 13.5. The summed E-state index contributed by atoms with van der Waals surface area (Å²) in [7, 11) is 2.16. The Labute approximate surface area is 117 Å². The molecule has 2 fully saturated rings. The molecule has 0 spiro atoms. The van der Waals surface area contributed by atoms with Gasteiger partial charge in [0.15, 0.2) is 0 Å². The van der Waals surface area contributed by atoms with Crippen LogP contribution in [0.4, 0.5) is 0 Å². The van der Waals surface area contributed by atoms with Crippen LogP contribution in [-0.4, -0.2) is 62.0 Å². The molecule has 2 aliphatic heterocycles. The fourth-order valence-corrected chi connectivity index (χ4v) is 3.14. The van der Waals surface area contributed by atoms with Gasteiger partial charge in [0.25, 0.3) is 0 Å². The van der Waals surface area contributed by atoms with E-state index in [9.17, 15) is 4.79 Å². The van der Waals surface area contributed by atoms with Crippen molar-refractivity contribution < 1.29 is 4.79 Å². The Morgan fingerprint density at radius 3 is 2.53 bits per heavy atom. The van der Waals surface area contributed by atoms with E-state index in [1.165, 1.54) is 38.8 Å². The third-order valence-corrected chi connectivity index (χ3v) is 4.48. The van der Waals surface area contributed by atoms with Crippen molar-refractivity contribution in [3.05, 3.63) is 0 Å². The summed E-state index contributed by atoms with van der Waals surface area (Å²) in [5, 5.41) is 3.09. The average Bonchev–Trinajstić information content (AvgIpc) is 2.91. The number of nitrogens with zero attached hydrogens (tertiary/aromatic N) is 2. The fraction of sp³-hybridized carbons (Fsp3) is 0.933. The molecule has 0 aromatic heterocycles. The van der Waals surface area contributed by atoms with E-state index in [0.717, 1.165) is 39.0 Å². The first-order chi connectivity index (χ1) is 9.24. The second-order valence-corrected chi connectivity index (χ2v) is 6.20. The van der Waals surface area contributed by atoms with Crippen LogP contribution in [0.3, 0.4) is 0 Å². The van der Waals surface area contributed by atoms with Gasteiger partial charge in [0, 0.05) is 13.0 Å². The van der Waals surface area contributed by atoms with E-state index in [-0.39, 0.29) is 5.91 Å². The zero-order valence-corrected chi connectivity index (χ0v) is 12.4. The lowest BCUT2D eigenvalue weighted by atomic mass is 9.93. The highest BCUT2D eigenvalue weighted by atomic mass is 16.1. The Kier molecular flexibility index (Phi) is 6.11. The highest BCUT2D eigenvalue weighted by molar-refractivity contribution is 5.76. The first kappa shape index (κ1) is 14.8. The van der Waals surface area contributed by atoms with Gasteiger partial charge in [0.05, 0.1) is 0 Å². The average molecular weight is 267 g/mol. The van der Waals surface area contributed by atoms with Crippen LogP contribution in [0.5, 0.6) is 0 Å². The van der Waals surface area contributed by atoms with Crippen molar-refractivity contribution in [2.75, 3.05) is 46.3 Å². The van der Waals surface area contributed by atoms with Crippen molar-refractivity contribution in [1.29, 1.82) is 0 Å². The van der Waals surface area contributed by atoms with Gasteiger partial charge in [-0.05, 0) is 77.8 Å². The summed E-state index contributed by atoms with van der Waals surface area (Å²) in [4.78, 5) is 16.7. The van der Waals surface area contributed by atoms with E-state index >= 15 is 0 Å². The predicted octanol–water partition coefficient (Wildman–Crippen LogP) is 1.32. The largest absolute Gasteiger partial charge is 0.356 e. The van der Waals surface area contributed by atoms with Crippen LogP contribution in [-0.2, 0) is 4.79 Å². The molecular formula is C15H29N3O. The maximum absolute atomic E-state index is 11.9. The van der Waals surface area contributed by atoms with Crippen molar-refractivity contribution >= 4 is 5.91 Å². The third kappa shape index (κ3) is 5.49. The van der Waals surface area contributed by atoms with Crippen LogP contribution < -0.4 is 5.32 Å². The third-order valence-electron chi connectivity index (χ3n) is 4.48. The highest BCUT2D eigenvalue weighted by Crippen LogP contribution is 2.19. The number of rotatable bonds is 6. The molecule has 1 N–H and O–H groups in total. The standard InChI is InChI=1S/C15H29N3O/c1-17-11-5-14(6-12-17)13-15(19)16-7-4-10-18-8-2-3-9-18/h14H,2-13H2,1H3,(H,16,19). The quantitative estimate of drug-likeness (QED) is 0.737. The lowest BCUT2D eigenvalue weighted by molar-refractivity contribution is -0.122. The summed E-state index contributed by atoms with van der Waals surface area (Å²) in [6, 6.07) is 0. The fourth-order valence-electron chi connectivity index (χ4n) is 3.14. The number of piperidine rings is 1. The normalized spacial score (nSPS) is 22.8. The van der Waals surface area contributed by atoms with E-state index < -0.39 is 0 Å². The molecule has 0 atom stereocenters. The first-order valence-corrected chi connectivity index (χ1v) is 7.91. The molecule has 4 heteroatoms. The van der Waals surface area contributed by atoms with E-state index in [0.29, 0.717) is 5.92 Å². The maximum atomic E-state index is 11.9. The van der Waals surface area contributed by atoms with Crippen molar-refractivity contribution in [3.8, 4) is 0 Å². The predicted molar refractivity (Wildman–Crippen MR) is 78.1 cm³/mol. The summed E-state index contributed by atoms with van der Waals surface area (Å²) in [5.41, 5.74) is 0. The Morgan fingerprint density at radius 2 is 1.84 bits per heavy atom. The van der Waals surface area contributed by atoms with Gasteiger partial charge >= 0.3 is 0 Å². The monoisotopic (exact) mass is 267 g/mol. The molecule has 19 heavy (non-hydrogen) atoms. The molecule has 1 amide bonds. The molecule has 0 saturated carbocycles. The van der Waals surface area contributed by atoms with Crippen LogP contribution >= 0.6 is 0 Å². The van der Waals surface area contributed by atoms with Crippen molar-refractivity contribution in [2.24, 2.45) is 5.92 Å². The molecule has 2 heterocycles. The van der Waals surface area contributed by atoms with Gasteiger partial charge in [-0.3, -0.25) is 4.79 Å². The molecule has 2 rings (SSSR count). The second kappa shape index (κ2) is 7.85. The number of likely N-dealkylation sites (tertiary alicyclic amines) is 2. The van der Waals surface area contributed by atoms with E-state index in [1.54, 1.807) is 0 Å². The minimum absolute atomic E-state index is 0.260. The minimum atomic E-state index is 0.260. The summed E-state index contributed by atoms with van der Waals surface area (Å²) >= 11 is 0. The Hall–Kier alpha value is -0.610. The van der Waals surface area contributed by atoms with Crippen LogP contribution in [0.2, 0.25) is 0 Å². The molecule has 0 aliphatic carbocycles. The van der Waals surface area contributed by atoms with Crippen molar-refractivity contribution in [1.82, 2.24) is 15.1 Å². The van der Waals surface area contributed by atoms with Crippen molar-refractivity contribution in [2.45, 2.75) is 38.5 Å². The van der Waals surface area contributed by atoms with Gasteiger partial charge in [-0.1, -0.05) is 0 Å². The molecule has 110 valence electrons. The zero-order valence-electron chi connectivity index (χ0n) is 12.4. The minimum Gasteiger partial charge on any atom is -0.356 e. The number of carbonyl (C=O) groups excluding carboxylic acids is 1. The Bertz CT molecular complexity index is 269. The van der Waals surface area contributed by atoms with Gasteiger partial charge in [-0.2, -0.15) is 0 Å². The summed E-state index contributed by atoms with van der Waals surface area (Å²) in [6.45, 7) is 6.79. The van der Waals surface area contributed by atoms with Crippen molar-refractivity contribution in [3.63, 3.8) is 0 Å². The molecule has 2 saturated heterocycles. The molecule has 0 unspecified atom stereocenters. The van der Waals surface area contributed by atoms with Gasteiger partial charge in [0.2, 0.25) is 5.91 Å². The second-order valence-electron chi connectivity index (χ2n) is 6.20. The van der Waals surface area contributed by atoms with Gasteiger partial charge in [-0.15, -0.1) is 0 Å². The molecule has 4 nitrogen and oxygen atoms in total. The first-order valence-electron chi connectivity index (χ1n) is 7.91. The number of hydrogen-bond donors (Lipinski definition) is 1. The summed E-state index contributed by atoms with van der Waals surface area (Å²) in [5.74, 6) is 0.866. The van der Waals surface area contributed by atoms with E-state index in [1.807, 2.05) is 0 Å². The van der Waals surface area contributed by atoms with Crippen LogP contribution in [0.15, 0.2) is 0 Å². The molecule has 0 bridgehead atoms. The molecule has 0 radical (unpaired) electrons. The SMILES string of the molecule is CN1CCC(CC(=O)NCCCN2CCCC2)CC1. The van der Waals surface area contributed by atoms with E-state index in [2.05, 4.69) is 22.2 Å². The molecule has 2 aliphatic rings. The Morgan fingerprint density at radius 1 is 1.16 bits per heavy atom. The lowest BCUT2D eigenvalue weighted by Gasteiger charge is -2.28. The number of nitrogens with one attached hydrogen (secondary N) is 1. The number of amides is 1. The van der Waals surface area contributed by atoms with Crippen LogP contribution in [0.1, 0.15) is 38.5 Å². The van der Waals surface area contributed by atoms with E-state index in [4.69, 9.17) is 0 Å². The number of carbonyl (C=O) groups is 1. The smallest absolute Gasteiger partial charge is 0.220 e. The summed E-state index contributed by atoms with van der Waals surface area (Å²) in [6.07, 6.45) is 6.89. The summed E-state index contributed by atoms with van der Waals surface area (Å²) < 4.78 is 0. The van der Waals surface area contributed by atoms with Gasteiger partial charge < -0.3 is 15.1 Å². The highest BCUT2D eigenvalue weighted by Gasteiger charge is 2.19.